The summed E-state index contributed by atoms with van der Waals surface area (Å²) in [5.74, 6) is -9.18. The standard InChI is InChI=1S/C27H28F2N4O7/c1-32(2)20-11-4-8-3-10-15(21(34)14(8)22(35)16(11)23(36)17(25(20)38)26(30)39)24(37)19-12(18(10)29)7-33-6-9(28)5-13(33)27(40)31-19/h8-9,11,13,16,20,35,37-38H,3-7H2,1-2H3,(H2,30,39)(H,31,40)/t8?,9-,11?,13-,16?,20-/m0/s1. The number of nitrogens with zero attached hydrogens (tertiary/aromatic N) is 2. The predicted octanol–water partition coefficient (Wildman–Crippen LogP) is 1.01. The number of aromatic hydroxyl groups is 1. The van der Waals surface area contributed by atoms with Gasteiger partial charge in [-0.1, -0.05) is 0 Å². The van der Waals surface area contributed by atoms with Gasteiger partial charge in [-0.25, -0.2) is 8.78 Å². The highest BCUT2D eigenvalue weighted by Crippen LogP contribution is 2.52. The number of phenolic OH excluding ortho intramolecular Hbond substituents is 1. The Bertz CT molecular complexity index is 1490. The lowest BCUT2D eigenvalue weighted by atomic mass is 9.61. The monoisotopic (exact) mass is 558 g/mol. The van der Waals surface area contributed by atoms with Gasteiger partial charge in [0.1, 0.15) is 29.1 Å². The Hall–Kier alpha value is -3.84. The van der Waals surface area contributed by atoms with Crippen LogP contribution in [0.4, 0.5) is 14.5 Å². The Morgan fingerprint density at radius 1 is 1.10 bits per heavy atom. The lowest BCUT2D eigenvalue weighted by Gasteiger charge is -2.46. The minimum atomic E-state index is -1.36. The van der Waals surface area contributed by atoms with Gasteiger partial charge in [0, 0.05) is 36.2 Å². The van der Waals surface area contributed by atoms with Crippen molar-refractivity contribution in [3.63, 3.8) is 0 Å². The third-order valence-electron chi connectivity index (χ3n) is 9.03. The molecule has 5 aliphatic rings. The second-order valence-corrected chi connectivity index (χ2v) is 11.4. The van der Waals surface area contributed by atoms with Crippen LogP contribution in [0, 0.1) is 23.6 Å². The number of hydrogen-bond acceptors (Lipinski definition) is 9. The molecule has 2 aliphatic heterocycles. The molecule has 3 unspecified atom stereocenters. The van der Waals surface area contributed by atoms with Crippen molar-refractivity contribution in [2.24, 2.45) is 23.5 Å². The minimum absolute atomic E-state index is 0.0648. The first-order chi connectivity index (χ1) is 18.8. The number of carbonyl (C=O) groups excluding carboxylic acids is 4. The number of alkyl halides is 1. The second-order valence-electron chi connectivity index (χ2n) is 11.4. The molecule has 6 rings (SSSR count). The largest absolute Gasteiger partial charge is 0.511 e. The smallest absolute Gasteiger partial charge is 0.255 e. The number of Topliss-reactive ketones (excluding diaryl/α,β-unsaturated/α-hetero) is 2. The number of aliphatic hydroxyl groups excluding tert-OH is 2. The summed E-state index contributed by atoms with van der Waals surface area (Å²) in [6.45, 7) is -0.237. The molecule has 6 atom stereocenters. The molecule has 1 fully saturated rings. The summed E-state index contributed by atoms with van der Waals surface area (Å²) < 4.78 is 30.2. The third-order valence-corrected chi connectivity index (χ3v) is 9.03. The number of phenols is 1. The molecule has 2 amide bonds. The first-order valence-corrected chi connectivity index (χ1v) is 13.0. The summed E-state index contributed by atoms with van der Waals surface area (Å²) in [7, 11) is 3.22. The fourth-order valence-electron chi connectivity index (χ4n) is 7.40. The van der Waals surface area contributed by atoms with Crippen LogP contribution in [-0.2, 0) is 27.3 Å². The van der Waals surface area contributed by atoms with Crippen molar-refractivity contribution >= 4 is 29.1 Å². The molecule has 40 heavy (non-hydrogen) atoms. The number of carbonyl (C=O) groups is 4. The zero-order valence-corrected chi connectivity index (χ0v) is 21.7. The number of amides is 2. The Kier molecular flexibility index (Phi) is 5.83. The van der Waals surface area contributed by atoms with Crippen LogP contribution < -0.4 is 11.1 Å². The van der Waals surface area contributed by atoms with Crippen LogP contribution in [0.25, 0.3) is 0 Å². The van der Waals surface area contributed by atoms with Gasteiger partial charge in [-0.2, -0.15) is 0 Å². The summed E-state index contributed by atoms with van der Waals surface area (Å²) in [5, 5.41) is 35.8. The molecule has 11 nitrogen and oxygen atoms in total. The van der Waals surface area contributed by atoms with E-state index in [9.17, 15) is 38.9 Å². The average Bonchev–Trinajstić information content (AvgIpc) is 3.17. The Labute approximate surface area is 226 Å². The van der Waals surface area contributed by atoms with Crippen LogP contribution in [0.3, 0.4) is 0 Å². The second kappa shape index (κ2) is 8.83. The van der Waals surface area contributed by atoms with E-state index >= 15 is 4.39 Å². The topological polar surface area (TPSA) is 174 Å². The molecular weight excluding hydrogens is 530 g/mol. The molecule has 0 spiro atoms. The number of likely N-dealkylation sites (N-methyl/N-ethyl adjacent to an activating group) is 1. The molecule has 6 N–H and O–H groups in total. The lowest BCUT2D eigenvalue weighted by Crippen LogP contribution is -2.53. The van der Waals surface area contributed by atoms with E-state index < -0.39 is 93.6 Å². The van der Waals surface area contributed by atoms with Gasteiger partial charge in [-0.3, -0.25) is 29.0 Å². The normalized spacial score (nSPS) is 31.8. The fourth-order valence-corrected chi connectivity index (χ4v) is 7.40. The van der Waals surface area contributed by atoms with E-state index in [-0.39, 0.29) is 54.7 Å². The maximum atomic E-state index is 16.1. The number of fused-ring (bicyclic) bond motifs is 5. The molecule has 0 bridgehead atoms. The molecule has 3 aliphatic carbocycles. The molecule has 0 aromatic heterocycles. The van der Waals surface area contributed by atoms with E-state index in [1.54, 1.807) is 19.0 Å². The molecule has 0 saturated carbocycles. The number of aliphatic hydroxyl groups is 2. The van der Waals surface area contributed by atoms with E-state index in [1.807, 2.05) is 0 Å². The highest BCUT2D eigenvalue weighted by Gasteiger charge is 2.55. The predicted molar refractivity (Wildman–Crippen MR) is 135 cm³/mol. The molecule has 2 heterocycles. The molecule has 13 heteroatoms. The first-order valence-electron chi connectivity index (χ1n) is 13.0. The maximum absolute atomic E-state index is 16.1. The van der Waals surface area contributed by atoms with Gasteiger partial charge in [0.25, 0.3) is 5.91 Å². The van der Waals surface area contributed by atoms with Crippen LogP contribution in [0.2, 0.25) is 0 Å². The summed E-state index contributed by atoms with van der Waals surface area (Å²) >= 11 is 0. The Balaban J connectivity index is 1.49. The number of benzene rings is 1. The van der Waals surface area contributed by atoms with Crippen LogP contribution in [0.5, 0.6) is 5.75 Å². The van der Waals surface area contributed by atoms with Crippen molar-refractivity contribution in [3.05, 3.63) is 45.2 Å². The van der Waals surface area contributed by atoms with Crippen LogP contribution in [-0.4, -0.2) is 87.4 Å². The van der Waals surface area contributed by atoms with Gasteiger partial charge in [-0.15, -0.1) is 0 Å². The zero-order valence-electron chi connectivity index (χ0n) is 21.7. The quantitative estimate of drug-likeness (QED) is 0.262. The number of ketones is 2. The van der Waals surface area contributed by atoms with Crippen molar-refractivity contribution in [2.75, 3.05) is 26.0 Å². The number of hydrogen-bond donors (Lipinski definition) is 5. The maximum Gasteiger partial charge on any atom is 0.255 e. The number of anilines is 1. The Morgan fingerprint density at radius 2 is 1.80 bits per heavy atom. The van der Waals surface area contributed by atoms with E-state index in [2.05, 4.69) is 5.32 Å². The SMILES string of the molecule is CN(C)[C@@H]1C(O)=C(C(N)=O)C(=O)C2C(O)=C3C(=O)c4c(O)c5c(c(F)c4CC3CC21)CN1C[C@@H](F)C[C@H]1C(=O)N5. The third kappa shape index (κ3) is 3.46. The van der Waals surface area contributed by atoms with E-state index in [0.29, 0.717) is 0 Å². The van der Waals surface area contributed by atoms with Gasteiger partial charge in [0.2, 0.25) is 5.91 Å². The number of nitrogens with one attached hydrogen (secondary N) is 1. The zero-order chi connectivity index (χ0) is 28.9. The summed E-state index contributed by atoms with van der Waals surface area (Å²) in [4.78, 5) is 55.0. The van der Waals surface area contributed by atoms with Crippen LogP contribution in [0.1, 0.15) is 34.3 Å². The van der Waals surface area contributed by atoms with E-state index in [0.717, 1.165) is 0 Å². The van der Waals surface area contributed by atoms with Gasteiger partial charge in [0.15, 0.2) is 17.3 Å². The lowest BCUT2D eigenvalue weighted by molar-refractivity contribution is -0.127. The van der Waals surface area contributed by atoms with Gasteiger partial charge < -0.3 is 26.4 Å². The number of primary amides is 1. The van der Waals surface area contributed by atoms with Crippen molar-refractivity contribution in [1.29, 1.82) is 0 Å². The number of allylic oxidation sites excluding steroid dienone is 2. The minimum Gasteiger partial charge on any atom is -0.511 e. The number of nitrogens with two attached hydrogens (primary N) is 1. The molecular formula is C27H28F2N4O7. The average molecular weight is 559 g/mol. The van der Waals surface area contributed by atoms with Gasteiger partial charge in [0.05, 0.1) is 29.3 Å². The van der Waals surface area contributed by atoms with Crippen molar-refractivity contribution in [1.82, 2.24) is 9.80 Å². The number of rotatable bonds is 2. The van der Waals surface area contributed by atoms with Gasteiger partial charge >= 0.3 is 0 Å². The molecule has 0 radical (unpaired) electrons. The van der Waals surface area contributed by atoms with E-state index in [4.69, 9.17) is 5.73 Å². The van der Waals surface area contributed by atoms with Crippen LogP contribution >= 0.6 is 0 Å². The highest BCUT2D eigenvalue weighted by atomic mass is 19.1. The molecule has 1 aromatic rings. The summed E-state index contributed by atoms with van der Waals surface area (Å²) in [6, 6.07) is -1.76. The van der Waals surface area contributed by atoms with Crippen molar-refractivity contribution in [2.45, 2.75) is 44.1 Å². The fraction of sp³-hybridized carbons (Fsp3) is 0.481. The first kappa shape index (κ1) is 26.4. The summed E-state index contributed by atoms with van der Waals surface area (Å²) in [6.07, 6.45) is -1.39. The van der Waals surface area contributed by atoms with Crippen molar-refractivity contribution < 1.29 is 43.3 Å². The molecule has 212 valence electrons. The molecule has 1 saturated heterocycles. The number of halogens is 2. The van der Waals surface area contributed by atoms with Gasteiger partial charge in [-0.05, 0) is 38.8 Å². The summed E-state index contributed by atoms with van der Waals surface area (Å²) in [5.41, 5.74) is 3.64. The Morgan fingerprint density at radius 3 is 2.45 bits per heavy atom. The molecule has 1 aromatic carbocycles. The highest BCUT2D eigenvalue weighted by molar-refractivity contribution is 6.22. The van der Waals surface area contributed by atoms with E-state index in [1.165, 1.54) is 4.90 Å². The van der Waals surface area contributed by atoms with Crippen LogP contribution in [0.15, 0.2) is 22.7 Å². The van der Waals surface area contributed by atoms with Crippen molar-refractivity contribution in [3.8, 4) is 5.75 Å².